The molecule has 1 atom stereocenters. The van der Waals surface area contributed by atoms with Crippen LogP contribution in [0.5, 0.6) is 0 Å². The molecule has 0 aromatic carbocycles. The van der Waals surface area contributed by atoms with Crippen LogP contribution in [0.2, 0.25) is 5.02 Å². The van der Waals surface area contributed by atoms with E-state index in [-0.39, 0.29) is 17.0 Å². The molecule has 0 spiro atoms. The average molecular weight is 404 g/mol. The Labute approximate surface area is 160 Å². The van der Waals surface area contributed by atoms with Gasteiger partial charge >= 0.3 is 6.18 Å². The first kappa shape index (κ1) is 19.9. The summed E-state index contributed by atoms with van der Waals surface area (Å²) in [6.07, 6.45) is -3.63. The number of aromatic nitrogens is 3. The number of piperazine rings is 1. The van der Waals surface area contributed by atoms with E-state index < -0.39 is 11.7 Å². The maximum Gasteiger partial charge on any atom is 0.417 e. The second-order valence-corrected chi connectivity index (χ2v) is 7.28. The molecule has 1 aliphatic heterocycles. The number of anilines is 1. The van der Waals surface area contributed by atoms with Crippen molar-refractivity contribution in [2.24, 2.45) is 0 Å². The van der Waals surface area contributed by atoms with Crippen molar-refractivity contribution < 1.29 is 17.7 Å². The number of pyridine rings is 1. The Morgan fingerprint density at radius 3 is 2.33 bits per heavy atom. The van der Waals surface area contributed by atoms with Crippen molar-refractivity contribution in [1.29, 1.82) is 0 Å². The monoisotopic (exact) mass is 403 g/mol. The molecular formula is C17H21ClF3N5O. The van der Waals surface area contributed by atoms with E-state index in [2.05, 4.69) is 20.0 Å². The highest BCUT2D eigenvalue weighted by Crippen LogP contribution is 2.34. The van der Waals surface area contributed by atoms with Crippen LogP contribution in [0.1, 0.15) is 50.0 Å². The van der Waals surface area contributed by atoms with E-state index in [0.29, 0.717) is 43.7 Å². The van der Waals surface area contributed by atoms with Crippen LogP contribution in [-0.2, 0) is 6.18 Å². The smallest absolute Gasteiger partial charge is 0.353 e. The van der Waals surface area contributed by atoms with Gasteiger partial charge in [0, 0.05) is 38.3 Å². The minimum atomic E-state index is -4.46. The molecule has 0 radical (unpaired) electrons. The summed E-state index contributed by atoms with van der Waals surface area (Å²) in [5.74, 6) is 1.81. The minimum absolute atomic E-state index is 0.00444. The lowest BCUT2D eigenvalue weighted by Crippen LogP contribution is -2.47. The van der Waals surface area contributed by atoms with Crippen molar-refractivity contribution in [2.75, 3.05) is 31.1 Å². The molecule has 10 heteroatoms. The Morgan fingerprint density at radius 2 is 1.81 bits per heavy atom. The van der Waals surface area contributed by atoms with Crippen LogP contribution < -0.4 is 4.90 Å². The van der Waals surface area contributed by atoms with Gasteiger partial charge in [-0.25, -0.2) is 4.98 Å². The Balaban J connectivity index is 1.64. The third kappa shape index (κ3) is 4.35. The number of rotatable bonds is 4. The SMILES string of the molecule is CC(C)c1noc([C@H](C)N2CCN(c3ncc(C(F)(F)F)cc3Cl)CC2)n1. The number of hydrogen-bond acceptors (Lipinski definition) is 6. The molecule has 1 saturated heterocycles. The highest BCUT2D eigenvalue weighted by Gasteiger charge is 2.33. The predicted octanol–water partition coefficient (Wildman–Crippen LogP) is 4.14. The Kier molecular flexibility index (Phi) is 5.62. The van der Waals surface area contributed by atoms with Gasteiger partial charge in [0.25, 0.3) is 0 Å². The Hall–Kier alpha value is -1.87. The van der Waals surface area contributed by atoms with E-state index in [0.717, 1.165) is 12.3 Å². The van der Waals surface area contributed by atoms with Crippen molar-refractivity contribution in [2.45, 2.75) is 38.9 Å². The van der Waals surface area contributed by atoms with Crippen LogP contribution in [0.15, 0.2) is 16.8 Å². The van der Waals surface area contributed by atoms with Crippen molar-refractivity contribution in [3.63, 3.8) is 0 Å². The number of alkyl halides is 3. The summed E-state index contributed by atoms with van der Waals surface area (Å²) in [7, 11) is 0. The molecule has 1 fully saturated rings. The van der Waals surface area contributed by atoms with E-state index in [1.165, 1.54) is 0 Å². The molecule has 0 aliphatic carbocycles. The maximum absolute atomic E-state index is 12.8. The molecule has 1 aliphatic rings. The Bertz CT molecular complexity index is 787. The zero-order chi connectivity index (χ0) is 19.8. The van der Waals surface area contributed by atoms with Crippen molar-refractivity contribution >= 4 is 17.4 Å². The normalized spacial score (nSPS) is 17.6. The van der Waals surface area contributed by atoms with Gasteiger partial charge in [-0.1, -0.05) is 30.6 Å². The van der Waals surface area contributed by atoms with Gasteiger partial charge in [0.1, 0.15) is 5.82 Å². The summed E-state index contributed by atoms with van der Waals surface area (Å²) in [6, 6.07) is 0.883. The van der Waals surface area contributed by atoms with Crippen molar-refractivity contribution in [3.05, 3.63) is 34.6 Å². The molecule has 0 bridgehead atoms. The van der Waals surface area contributed by atoms with Gasteiger partial charge in [-0.2, -0.15) is 18.2 Å². The molecule has 3 rings (SSSR count). The molecular weight excluding hydrogens is 383 g/mol. The van der Waals surface area contributed by atoms with Crippen LogP contribution >= 0.6 is 11.6 Å². The van der Waals surface area contributed by atoms with Crippen LogP contribution in [0.25, 0.3) is 0 Å². The molecule has 2 aromatic rings. The van der Waals surface area contributed by atoms with E-state index in [1.54, 1.807) is 0 Å². The molecule has 2 aromatic heterocycles. The minimum Gasteiger partial charge on any atom is -0.353 e. The second-order valence-electron chi connectivity index (χ2n) is 6.87. The molecule has 0 N–H and O–H groups in total. The summed E-state index contributed by atoms with van der Waals surface area (Å²) < 4.78 is 43.6. The van der Waals surface area contributed by atoms with Gasteiger partial charge < -0.3 is 9.42 Å². The van der Waals surface area contributed by atoms with Gasteiger partial charge in [0.2, 0.25) is 5.89 Å². The fourth-order valence-electron chi connectivity index (χ4n) is 2.95. The van der Waals surface area contributed by atoms with E-state index in [4.69, 9.17) is 16.1 Å². The van der Waals surface area contributed by atoms with Gasteiger partial charge in [-0.15, -0.1) is 0 Å². The van der Waals surface area contributed by atoms with Crippen LogP contribution in [0.4, 0.5) is 19.0 Å². The summed E-state index contributed by atoms with van der Waals surface area (Å²) >= 11 is 6.04. The lowest BCUT2D eigenvalue weighted by molar-refractivity contribution is -0.137. The molecule has 148 valence electrons. The number of nitrogens with zero attached hydrogens (tertiary/aromatic N) is 5. The summed E-state index contributed by atoms with van der Waals surface area (Å²) in [6.45, 7) is 8.54. The lowest BCUT2D eigenvalue weighted by Gasteiger charge is -2.37. The third-order valence-electron chi connectivity index (χ3n) is 4.64. The topological polar surface area (TPSA) is 58.3 Å². The fraction of sp³-hybridized carbons (Fsp3) is 0.588. The first-order valence-corrected chi connectivity index (χ1v) is 9.10. The van der Waals surface area contributed by atoms with Gasteiger partial charge in [-0.3, -0.25) is 4.90 Å². The fourth-order valence-corrected chi connectivity index (χ4v) is 3.23. The van der Waals surface area contributed by atoms with Crippen LogP contribution in [-0.4, -0.2) is 46.2 Å². The molecule has 6 nitrogen and oxygen atoms in total. The number of halogens is 4. The van der Waals surface area contributed by atoms with Gasteiger partial charge in [0.05, 0.1) is 16.6 Å². The summed E-state index contributed by atoms with van der Waals surface area (Å²) in [5.41, 5.74) is -0.846. The quantitative estimate of drug-likeness (QED) is 0.764. The van der Waals surface area contributed by atoms with Crippen molar-refractivity contribution in [3.8, 4) is 0 Å². The molecule has 0 saturated carbocycles. The highest BCUT2D eigenvalue weighted by molar-refractivity contribution is 6.33. The Morgan fingerprint density at radius 1 is 1.15 bits per heavy atom. The zero-order valence-corrected chi connectivity index (χ0v) is 16.0. The first-order valence-electron chi connectivity index (χ1n) is 8.72. The third-order valence-corrected chi connectivity index (χ3v) is 4.92. The van der Waals surface area contributed by atoms with E-state index >= 15 is 0 Å². The molecule has 3 heterocycles. The van der Waals surface area contributed by atoms with Gasteiger partial charge in [-0.05, 0) is 13.0 Å². The predicted molar refractivity (Wildman–Crippen MR) is 94.8 cm³/mol. The summed E-state index contributed by atoms with van der Waals surface area (Å²) in [5, 5.41) is 4.00. The first-order chi connectivity index (χ1) is 12.7. The second kappa shape index (κ2) is 7.63. The molecule has 27 heavy (non-hydrogen) atoms. The number of hydrogen-bond donors (Lipinski definition) is 0. The summed E-state index contributed by atoms with van der Waals surface area (Å²) in [4.78, 5) is 12.4. The largest absolute Gasteiger partial charge is 0.417 e. The van der Waals surface area contributed by atoms with Crippen LogP contribution in [0, 0.1) is 0 Å². The lowest BCUT2D eigenvalue weighted by atomic mass is 10.2. The standard InChI is InChI=1S/C17H21ClF3N5O/c1-10(2)14-23-16(27-24-14)11(3)25-4-6-26(7-5-25)15-13(18)8-12(9-22-15)17(19,20)21/h8-11H,4-7H2,1-3H3/t11-/m0/s1. The molecule has 0 amide bonds. The maximum atomic E-state index is 12.8. The van der Waals surface area contributed by atoms with Crippen molar-refractivity contribution in [1.82, 2.24) is 20.0 Å². The van der Waals surface area contributed by atoms with E-state index in [9.17, 15) is 13.2 Å². The van der Waals surface area contributed by atoms with Crippen LogP contribution in [0.3, 0.4) is 0 Å². The highest BCUT2D eigenvalue weighted by atomic mass is 35.5. The van der Waals surface area contributed by atoms with Gasteiger partial charge in [0.15, 0.2) is 5.82 Å². The zero-order valence-electron chi connectivity index (χ0n) is 15.3. The van der Waals surface area contributed by atoms with E-state index in [1.807, 2.05) is 25.7 Å². The average Bonchev–Trinajstić information content (AvgIpc) is 3.11. The molecule has 0 unspecified atom stereocenters.